The van der Waals surface area contributed by atoms with Crippen molar-refractivity contribution in [3.63, 3.8) is 0 Å². The van der Waals surface area contributed by atoms with E-state index in [2.05, 4.69) is 366 Å². The molecule has 9 aromatic heterocycles. The van der Waals surface area contributed by atoms with E-state index in [1.807, 2.05) is 96.3 Å². The average Bonchev–Trinajstić information content (AvgIpc) is 1.56. The molecule has 0 bridgehead atoms. The van der Waals surface area contributed by atoms with Gasteiger partial charge in [0.2, 0.25) is 0 Å². The van der Waals surface area contributed by atoms with Crippen LogP contribution in [0.25, 0.3) is 284 Å². The Kier molecular flexibility index (Phi) is 18.9. The first-order valence-electron chi connectivity index (χ1n) is 47.5. The molecule has 1 aliphatic rings. The van der Waals surface area contributed by atoms with Gasteiger partial charge in [0, 0.05) is 101 Å². The molecular weight excluding hydrogens is 1760 g/mol. The maximum atomic E-state index is 6.56. The summed E-state index contributed by atoms with van der Waals surface area (Å²) in [7, 11) is 0. The topological polar surface area (TPSA) is 130 Å². The lowest BCUT2D eigenvalue weighted by atomic mass is 9.82. The van der Waals surface area contributed by atoms with Crippen LogP contribution >= 0.6 is 22.7 Å². The van der Waals surface area contributed by atoms with E-state index in [1.165, 1.54) is 96.0 Å². The molecule has 0 N–H and O–H groups in total. The summed E-state index contributed by atoms with van der Waals surface area (Å²) in [6, 6.07) is 153. The third-order valence-corrected chi connectivity index (χ3v) is 30.6. The van der Waals surface area contributed by atoms with Crippen LogP contribution in [0.1, 0.15) is 25.0 Å². The van der Waals surface area contributed by atoms with Gasteiger partial charge in [-0.1, -0.05) is 341 Å². The van der Waals surface area contributed by atoms with Gasteiger partial charge < -0.3 is 17.7 Å². The lowest BCUT2D eigenvalue weighted by Gasteiger charge is -2.21. The van der Waals surface area contributed by atoms with Crippen LogP contribution in [-0.4, -0.2) is 29.9 Å². The molecule has 10 nitrogen and oxygen atoms in total. The number of nitrogens with zero attached hydrogens (tertiary/aromatic N) is 6. The number of hydrogen-bond acceptors (Lipinski definition) is 12. The van der Waals surface area contributed by atoms with Gasteiger partial charge in [-0.05, 0) is 208 Å². The minimum Gasteiger partial charge on any atom is -0.456 e. The maximum Gasteiger partial charge on any atom is 0.180 e. The number of benzene rings is 20. The molecule has 12 heteroatoms. The summed E-state index contributed by atoms with van der Waals surface area (Å²) in [5, 5.41) is 17.4. The standard InChI is InChI=1S/C46H26N2O3.C42H26N2O.C41H26N2S2/c1-3-12-27(13-4-1)31-18-11-21-39-41(31)35-24-29(22-23-38(35)49-39)46-47-43(45-44(48-46)33-17-8-10-20-37(33)51-45)30-25-34(28-14-5-2-6-15-28)42-32-16-7-9-19-36(32)50-40(42)26-30;1-2-10-33-26-34(25-18-27(33)8-1)28-16-23-32(24-17-28)42-43-39(41-40(44-42)37-13-5-6-15-38(37)45-41)31-21-19-30(20-22-31)36-14-7-11-29-9-3-4-12-35(29)36;1-41(2)32-18-16-26(20-30(32)31-19-23-9-3-4-10-24(23)21-33(31)41)40-42-37(39-38(43-40)29-12-6-8-14-35(29)45-39)25-15-17-28-27-11-5-7-13-34(27)44-36(28)22-25/h1-26H;1-26H;3-22H,1-2H3. The molecule has 0 spiro atoms. The van der Waals surface area contributed by atoms with Crippen molar-refractivity contribution in [2.45, 2.75) is 19.3 Å². The minimum atomic E-state index is -0.0770. The van der Waals surface area contributed by atoms with Crippen LogP contribution in [0.4, 0.5) is 0 Å². The third kappa shape index (κ3) is 13.7. The number of furan rings is 4. The van der Waals surface area contributed by atoms with E-state index in [-0.39, 0.29) is 5.41 Å². The summed E-state index contributed by atoms with van der Waals surface area (Å²) in [4.78, 5) is 31.3. The van der Waals surface area contributed by atoms with Crippen molar-refractivity contribution in [3.05, 3.63) is 448 Å². The smallest absolute Gasteiger partial charge is 0.180 e. The number of fused-ring (bicyclic) bond motifs is 24. The molecule has 1 aliphatic carbocycles. The van der Waals surface area contributed by atoms with Crippen molar-refractivity contribution in [1.29, 1.82) is 0 Å². The highest BCUT2D eigenvalue weighted by Gasteiger charge is 2.37. The zero-order valence-corrected chi connectivity index (χ0v) is 77.8. The van der Waals surface area contributed by atoms with Crippen LogP contribution in [0.2, 0.25) is 0 Å². The predicted molar refractivity (Wildman–Crippen MR) is 585 cm³/mol. The summed E-state index contributed by atoms with van der Waals surface area (Å²) >= 11 is 3.64. The van der Waals surface area contributed by atoms with Crippen LogP contribution in [0.3, 0.4) is 0 Å². The van der Waals surface area contributed by atoms with Gasteiger partial charge in [-0.2, -0.15) is 0 Å². The molecule has 141 heavy (non-hydrogen) atoms. The normalized spacial score (nSPS) is 12.4. The summed E-state index contributed by atoms with van der Waals surface area (Å²) in [5.74, 6) is 2.04. The first-order valence-corrected chi connectivity index (χ1v) is 49.1. The van der Waals surface area contributed by atoms with E-state index in [4.69, 9.17) is 47.6 Å². The van der Waals surface area contributed by atoms with Crippen LogP contribution in [0, 0.1) is 0 Å². The Morgan fingerprint density at radius 2 is 0.652 bits per heavy atom. The van der Waals surface area contributed by atoms with Crippen LogP contribution < -0.4 is 0 Å². The van der Waals surface area contributed by atoms with Gasteiger partial charge in [0.05, 0.1) is 15.9 Å². The lowest BCUT2D eigenvalue weighted by molar-refractivity contribution is 0.661. The zero-order valence-electron chi connectivity index (χ0n) is 76.2. The first kappa shape index (κ1) is 81.4. The molecular formula is C129H78N6O4S2. The van der Waals surface area contributed by atoms with Gasteiger partial charge in [-0.15, -0.1) is 22.7 Å². The Labute approximate surface area is 815 Å². The maximum absolute atomic E-state index is 6.56. The molecule has 0 aliphatic heterocycles. The molecule has 0 saturated carbocycles. The molecule has 0 amide bonds. The van der Waals surface area contributed by atoms with E-state index in [9.17, 15) is 0 Å². The van der Waals surface area contributed by atoms with Gasteiger partial charge in [-0.25, -0.2) is 29.9 Å². The number of rotatable bonds is 10. The molecule has 0 unspecified atom stereocenters. The Balaban J connectivity index is 0.000000104. The van der Waals surface area contributed by atoms with Crippen LogP contribution in [0.15, 0.2) is 454 Å². The number of aromatic nitrogens is 6. The van der Waals surface area contributed by atoms with Gasteiger partial charge in [0.25, 0.3) is 0 Å². The molecule has 0 atom stereocenters. The predicted octanol–water partition coefficient (Wildman–Crippen LogP) is 36.2. The van der Waals surface area contributed by atoms with Crippen LogP contribution in [0.5, 0.6) is 0 Å². The lowest BCUT2D eigenvalue weighted by Crippen LogP contribution is -2.14. The number of hydrogen-bond donors (Lipinski definition) is 0. The molecule has 9 heterocycles. The van der Waals surface area contributed by atoms with Crippen molar-refractivity contribution >= 4 is 183 Å². The summed E-state index contributed by atoms with van der Waals surface area (Å²) < 4.78 is 30.8. The monoisotopic (exact) mass is 1840 g/mol. The quantitative estimate of drug-likeness (QED) is 0.130. The Morgan fingerprint density at radius 3 is 1.38 bits per heavy atom. The molecule has 0 fully saturated rings. The molecule has 29 aromatic rings. The molecule has 20 aromatic carbocycles. The van der Waals surface area contributed by atoms with Crippen molar-refractivity contribution in [1.82, 2.24) is 29.9 Å². The van der Waals surface area contributed by atoms with Gasteiger partial charge in [0.15, 0.2) is 28.6 Å². The Morgan fingerprint density at radius 1 is 0.199 bits per heavy atom. The largest absolute Gasteiger partial charge is 0.456 e. The summed E-state index contributed by atoms with van der Waals surface area (Å²) in [6.45, 7) is 4.68. The molecule has 0 radical (unpaired) electrons. The summed E-state index contributed by atoms with van der Waals surface area (Å²) in [5.41, 5.74) is 31.6. The van der Waals surface area contributed by atoms with Gasteiger partial charge >= 0.3 is 0 Å². The van der Waals surface area contributed by atoms with E-state index < -0.39 is 0 Å². The van der Waals surface area contributed by atoms with E-state index in [0.29, 0.717) is 28.5 Å². The van der Waals surface area contributed by atoms with Crippen molar-refractivity contribution < 1.29 is 17.7 Å². The van der Waals surface area contributed by atoms with E-state index in [0.717, 1.165) is 171 Å². The van der Waals surface area contributed by atoms with Crippen molar-refractivity contribution in [3.8, 4) is 124 Å². The minimum absolute atomic E-state index is 0.0770. The Bertz CT molecular complexity index is 10200. The van der Waals surface area contributed by atoms with Crippen molar-refractivity contribution in [2.75, 3.05) is 0 Å². The SMILES string of the molecule is CC1(C)c2ccc(-c3nc(-c4ccc5c(c4)sc4ccccc45)c4sc5ccccc5c4n3)cc2-c2cc3ccccc3cc21.c1ccc(-c2cc(-c3nc(-c4ccc5oc6cccc(-c7ccccc7)c6c5c4)nc4c3oc3ccccc34)cc3oc4ccccc4c23)cc1.c1ccc2cc(-c3ccc(-c4nc(-c5ccc(-c6cccc7ccccc67)cc5)c5oc6ccccc6c5n4)cc3)ccc2c1. The molecule has 660 valence electrons. The molecule has 0 saturated heterocycles. The number of thiophene rings is 2. The third-order valence-electron chi connectivity index (χ3n) is 28.3. The second kappa shape index (κ2) is 32.7. The van der Waals surface area contributed by atoms with Crippen LogP contribution in [-0.2, 0) is 5.41 Å². The highest BCUT2D eigenvalue weighted by molar-refractivity contribution is 7.26. The average molecular weight is 1840 g/mol. The fourth-order valence-electron chi connectivity index (χ4n) is 21.3. The van der Waals surface area contributed by atoms with Gasteiger partial charge in [-0.3, -0.25) is 0 Å². The van der Waals surface area contributed by atoms with Crippen molar-refractivity contribution in [2.24, 2.45) is 0 Å². The second-order valence-electron chi connectivity index (χ2n) is 36.9. The van der Waals surface area contributed by atoms with E-state index >= 15 is 0 Å². The van der Waals surface area contributed by atoms with E-state index in [1.54, 1.807) is 11.3 Å². The fourth-order valence-corrected chi connectivity index (χ4v) is 23.6. The fraction of sp³-hybridized carbons (Fsp3) is 0.0233. The van der Waals surface area contributed by atoms with Gasteiger partial charge in [0.1, 0.15) is 55.9 Å². The Hall–Kier alpha value is -17.9. The highest BCUT2D eigenvalue weighted by atomic mass is 32.1. The highest BCUT2D eigenvalue weighted by Crippen LogP contribution is 2.53. The molecule has 30 rings (SSSR count). The number of para-hydroxylation sites is 3. The second-order valence-corrected chi connectivity index (χ2v) is 39.1. The first-order chi connectivity index (χ1) is 69.6. The summed E-state index contributed by atoms with van der Waals surface area (Å²) in [6.07, 6.45) is 0. The zero-order chi connectivity index (χ0) is 93.1.